The summed E-state index contributed by atoms with van der Waals surface area (Å²) in [6, 6.07) is 0. The Morgan fingerprint density at radius 1 is 1.25 bits per heavy atom. The largest absolute Gasteiger partial charge is 0 e. The van der Waals surface area contributed by atoms with Crippen LogP contribution in [0.15, 0.2) is 0 Å². The van der Waals surface area contributed by atoms with E-state index in [1.165, 1.54) is 0 Å². The molecule has 0 aromatic carbocycles. The molecule has 0 saturated heterocycles. The van der Waals surface area contributed by atoms with Crippen LogP contribution in [0.25, 0.3) is 0 Å². The average Bonchev–Trinajstić information content (AvgIpc) is 1.00. The SMILES string of the molecule is [Cl][Ce].[La].[Pr]. The Balaban J connectivity index is -0.00000000500. The van der Waals surface area contributed by atoms with Crippen LogP contribution in [0.1, 0.15) is 0 Å². The van der Waals surface area contributed by atoms with Gasteiger partial charge in [-0.05, 0) is 0 Å². The molecular formula is CeClLaPr. The summed E-state index contributed by atoms with van der Waals surface area (Å²) in [4.78, 5) is 0. The Labute approximate surface area is 116 Å². The number of hydrogen-bond donors (Lipinski definition) is 0. The Morgan fingerprint density at radius 2 is 1.25 bits per heavy atom. The first-order valence-corrected chi connectivity index (χ1v) is 4.13. The van der Waals surface area contributed by atoms with Gasteiger partial charge in [0.05, 0.1) is 0 Å². The second-order valence-corrected chi connectivity index (χ2v) is 0. The van der Waals surface area contributed by atoms with Crippen LogP contribution in [0.2, 0.25) is 0 Å². The maximum atomic E-state index is 4.78. The van der Waals surface area contributed by atoms with E-state index in [0.717, 1.165) is 38.1 Å². The second kappa shape index (κ2) is 15.7. The van der Waals surface area contributed by atoms with Crippen LogP contribution < -0.4 is 0 Å². The third-order valence-electron chi connectivity index (χ3n) is 0. The summed E-state index contributed by atoms with van der Waals surface area (Å²) in [6.45, 7) is 0. The zero-order chi connectivity index (χ0) is 2.00. The van der Waals surface area contributed by atoms with Gasteiger partial charge in [0.2, 0.25) is 0 Å². The minimum absolute atomic E-state index is 0. The van der Waals surface area contributed by atoms with Gasteiger partial charge in [0, 0.05) is 76.9 Å². The van der Waals surface area contributed by atoms with E-state index in [1.807, 2.05) is 0 Å². The molecule has 0 aliphatic carbocycles. The molecule has 0 bridgehead atoms. The van der Waals surface area contributed by atoms with Crippen molar-refractivity contribution in [2.75, 3.05) is 0 Å². The fourth-order valence-electron chi connectivity index (χ4n) is 0. The van der Waals surface area contributed by atoms with Gasteiger partial charge in [-0.3, -0.25) is 0 Å². The van der Waals surface area contributed by atoms with Gasteiger partial charge in [-0.1, -0.05) is 0 Å². The molecule has 0 amide bonds. The van der Waals surface area contributed by atoms with Crippen LogP contribution in [0.4, 0.5) is 0 Å². The van der Waals surface area contributed by atoms with Gasteiger partial charge < -0.3 is 0 Å². The minimum atomic E-state index is 0. The van der Waals surface area contributed by atoms with Crippen LogP contribution in [0, 0.1) is 115 Å². The topological polar surface area (TPSA) is 0 Å². The number of rotatable bonds is 0. The molecule has 4 heavy (non-hydrogen) atoms. The van der Waals surface area contributed by atoms with E-state index in [4.69, 9.17) is 5.63 Å². The molecule has 0 aliphatic rings. The monoisotopic (exact) mass is 455 g/mol. The molecule has 0 aromatic rings. The standard InChI is InChI=1S/Ce.ClH.La.Pr/h;1H;;/q+1;;;/p-1. The molecule has 0 nitrogen and oxygen atoms in total. The summed E-state index contributed by atoms with van der Waals surface area (Å²) in [5.41, 5.74) is 4.78. The van der Waals surface area contributed by atoms with Gasteiger partial charge in [-0.25, -0.2) is 0 Å². The predicted molar refractivity (Wildman–Crippen MR) is 5.85 cm³/mol. The van der Waals surface area contributed by atoms with E-state index in [-0.39, 0.29) is 76.9 Å². The Morgan fingerprint density at radius 3 is 1.25 bits per heavy atom. The first-order valence-electron chi connectivity index (χ1n) is 0.189. The Hall–Kier alpha value is 4.23. The summed E-state index contributed by atoms with van der Waals surface area (Å²) >= 11 is 0.778. The third-order valence-corrected chi connectivity index (χ3v) is 0. The molecule has 0 saturated carbocycles. The van der Waals surface area contributed by atoms with Crippen LogP contribution in [-0.4, -0.2) is 0 Å². The molecule has 0 spiro atoms. The van der Waals surface area contributed by atoms with Crippen molar-refractivity contribution in [3.8, 4) is 0 Å². The maximum absolute atomic E-state index is 4.78. The maximum Gasteiger partial charge on any atom is 0 e. The molecule has 2 radical (unpaired) electrons. The molecule has 0 N–H and O–H groups in total. The van der Waals surface area contributed by atoms with E-state index in [9.17, 15) is 0 Å². The van der Waals surface area contributed by atoms with Gasteiger partial charge in [0.15, 0.2) is 0 Å². The van der Waals surface area contributed by atoms with Crippen molar-refractivity contribution in [1.82, 2.24) is 0 Å². The van der Waals surface area contributed by atoms with Gasteiger partial charge in [-0.15, -0.1) is 0 Å². The van der Waals surface area contributed by atoms with Gasteiger partial charge in [-0.2, -0.15) is 0 Å². The Kier molecular flexibility index (Phi) is 61.7. The zero-order valence-corrected chi connectivity index (χ0v) is 13.3. The van der Waals surface area contributed by atoms with E-state index < -0.39 is 0 Å². The third kappa shape index (κ3) is 9.52. The summed E-state index contributed by atoms with van der Waals surface area (Å²) in [5, 5.41) is 0. The molecule has 0 aromatic heterocycles. The first-order chi connectivity index (χ1) is 1.00. The van der Waals surface area contributed by atoms with Crippen molar-refractivity contribution in [3.63, 3.8) is 0 Å². The van der Waals surface area contributed by atoms with E-state index in [2.05, 4.69) is 0 Å². The fourth-order valence-corrected chi connectivity index (χ4v) is 0. The smallest absolute Gasteiger partial charge is 0 e. The molecule has 0 heterocycles. The predicted octanol–water partition coefficient (Wildman–Crippen LogP) is 0.690. The molecule has 0 aliphatic heterocycles. The van der Waals surface area contributed by atoms with Crippen molar-refractivity contribution in [3.05, 3.63) is 0 Å². The zero-order valence-electron chi connectivity index (χ0n) is 2.03. The van der Waals surface area contributed by atoms with Crippen molar-refractivity contribution in [1.29, 1.82) is 0 Å². The van der Waals surface area contributed by atoms with Gasteiger partial charge in [0.25, 0.3) is 0 Å². The Bertz CT molecular complexity index is 8.00. The molecule has 0 rings (SSSR count). The fraction of sp³-hybridized carbons (Fsp3) is 0. The van der Waals surface area contributed by atoms with Crippen LogP contribution in [0.5, 0.6) is 0 Å². The molecule has 0 unspecified atom stereocenters. The number of halogens is 1. The normalized spacial score (nSPS) is 1.00. The van der Waals surface area contributed by atoms with E-state index in [1.54, 1.807) is 0 Å². The second-order valence-electron chi connectivity index (χ2n) is 0. The summed E-state index contributed by atoms with van der Waals surface area (Å²) in [7, 11) is 0. The van der Waals surface area contributed by atoms with E-state index in [0.29, 0.717) is 0 Å². The average molecular weight is 455 g/mol. The molecule has 0 atom stereocenters. The van der Waals surface area contributed by atoms with Crippen molar-refractivity contribution in [2.45, 2.75) is 0 Å². The van der Waals surface area contributed by atoms with Crippen LogP contribution in [-0.2, 0) is 0 Å². The van der Waals surface area contributed by atoms with E-state index >= 15 is 0 Å². The van der Waals surface area contributed by atoms with Crippen molar-refractivity contribution < 1.29 is 115 Å². The molecule has 4 heteroatoms. The molecular weight excluding hydrogens is 455 g/mol. The van der Waals surface area contributed by atoms with Crippen molar-refractivity contribution >= 4 is 5.63 Å². The first kappa shape index (κ1) is 15.7. The van der Waals surface area contributed by atoms with Crippen molar-refractivity contribution in [2.24, 2.45) is 0 Å². The van der Waals surface area contributed by atoms with Gasteiger partial charge in [0.1, 0.15) is 0 Å². The number of hydrogen-bond acceptors (Lipinski definition) is 0. The van der Waals surface area contributed by atoms with Crippen LogP contribution in [0.3, 0.4) is 0 Å². The minimum Gasteiger partial charge on any atom is 0 e. The molecule has 0 fully saturated rings. The summed E-state index contributed by atoms with van der Waals surface area (Å²) in [6.07, 6.45) is 0. The summed E-state index contributed by atoms with van der Waals surface area (Å²) in [5.74, 6) is 0. The quantitative estimate of drug-likeness (QED) is 0.505. The summed E-state index contributed by atoms with van der Waals surface area (Å²) < 4.78 is 0. The molecule has 17 valence electrons. The van der Waals surface area contributed by atoms with Gasteiger partial charge >= 0.3 is 43.7 Å². The van der Waals surface area contributed by atoms with Crippen LogP contribution >= 0.6 is 5.63 Å².